The highest BCUT2D eigenvalue weighted by Gasteiger charge is 2.25. The SMILES string of the molecule is Cc1ccccc1C(N)C1CCC1. The molecule has 0 bridgehead atoms. The Hall–Kier alpha value is -0.820. The molecule has 1 nitrogen and oxygen atoms in total. The Kier molecular flexibility index (Phi) is 2.36. The van der Waals surface area contributed by atoms with Crippen LogP contribution in [-0.4, -0.2) is 0 Å². The standard InChI is InChI=1S/C12H17N/c1-9-5-2-3-8-11(9)12(13)10-6-4-7-10/h2-3,5,8,10,12H,4,6-7,13H2,1H3. The zero-order chi connectivity index (χ0) is 9.26. The van der Waals surface area contributed by atoms with Crippen LogP contribution in [0.1, 0.15) is 36.4 Å². The van der Waals surface area contributed by atoms with E-state index in [0.29, 0.717) is 0 Å². The van der Waals surface area contributed by atoms with Crippen LogP contribution in [-0.2, 0) is 0 Å². The van der Waals surface area contributed by atoms with Gasteiger partial charge in [-0.2, -0.15) is 0 Å². The summed E-state index contributed by atoms with van der Waals surface area (Å²) in [5.41, 5.74) is 8.88. The molecule has 0 spiro atoms. The predicted molar refractivity (Wildman–Crippen MR) is 55.4 cm³/mol. The molecule has 0 saturated heterocycles. The molecule has 13 heavy (non-hydrogen) atoms. The third-order valence-corrected chi connectivity index (χ3v) is 3.21. The van der Waals surface area contributed by atoms with Crippen molar-refractivity contribution in [1.82, 2.24) is 0 Å². The van der Waals surface area contributed by atoms with Gasteiger partial charge in [0.25, 0.3) is 0 Å². The van der Waals surface area contributed by atoms with Gasteiger partial charge in [0.2, 0.25) is 0 Å². The fourth-order valence-electron chi connectivity index (χ4n) is 2.01. The van der Waals surface area contributed by atoms with Crippen molar-refractivity contribution in [1.29, 1.82) is 0 Å². The molecule has 1 aromatic rings. The average molecular weight is 175 g/mol. The first kappa shape index (κ1) is 8.76. The summed E-state index contributed by atoms with van der Waals surface area (Å²) in [4.78, 5) is 0. The molecule has 0 aliphatic heterocycles. The fourth-order valence-corrected chi connectivity index (χ4v) is 2.01. The van der Waals surface area contributed by atoms with Crippen LogP contribution in [0.2, 0.25) is 0 Å². The van der Waals surface area contributed by atoms with Crippen molar-refractivity contribution in [3.8, 4) is 0 Å². The third kappa shape index (κ3) is 1.61. The van der Waals surface area contributed by atoms with Gasteiger partial charge in [0.05, 0.1) is 0 Å². The summed E-state index contributed by atoms with van der Waals surface area (Å²) in [6, 6.07) is 8.74. The molecule has 0 radical (unpaired) electrons. The minimum absolute atomic E-state index is 0.273. The normalized spacial score (nSPS) is 19.5. The topological polar surface area (TPSA) is 26.0 Å². The van der Waals surface area contributed by atoms with E-state index in [1.807, 2.05) is 0 Å². The van der Waals surface area contributed by atoms with Gasteiger partial charge < -0.3 is 5.73 Å². The molecular formula is C12H17N. The van der Waals surface area contributed by atoms with Crippen LogP contribution in [0.4, 0.5) is 0 Å². The molecule has 1 heteroatoms. The van der Waals surface area contributed by atoms with Crippen LogP contribution in [0.15, 0.2) is 24.3 Å². The Bertz CT molecular complexity index is 289. The smallest absolute Gasteiger partial charge is 0.0326 e. The molecule has 1 saturated carbocycles. The van der Waals surface area contributed by atoms with Gasteiger partial charge >= 0.3 is 0 Å². The van der Waals surface area contributed by atoms with Crippen molar-refractivity contribution >= 4 is 0 Å². The van der Waals surface area contributed by atoms with Crippen molar-refractivity contribution in [3.05, 3.63) is 35.4 Å². The summed E-state index contributed by atoms with van der Waals surface area (Å²) in [5, 5.41) is 0. The lowest BCUT2D eigenvalue weighted by Gasteiger charge is -2.32. The van der Waals surface area contributed by atoms with Crippen molar-refractivity contribution in [2.75, 3.05) is 0 Å². The highest BCUT2D eigenvalue weighted by Crippen LogP contribution is 2.36. The second-order valence-electron chi connectivity index (χ2n) is 4.07. The fraction of sp³-hybridized carbons (Fsp3) is 0.500. The van der Waals surface area contributed by atoms with Gasteiger partial charge in [0.15, 0.2) is 0 Å². The largest absolute Gasteiger partial charge is 0.324 e. The van der Waals surface area contributed by atoms with E-state index in [4.69, 9.17) is 5.73 Å². The van der Waals surface area contributed by atoms with E-state index in [2.05, 4.69) is 31.2 Å². The van der Waals surface area contributed by atoms with Gasteiger partial charge in [-0.25, -0.2) is 0 Å². The first-order chi connectivity index (χ1) is 6.29. The summed E-state index contributed by atoms with van der Waals surface area (Å²) in [5.74, 6) is 0.737. The number of hydrogen-bond acceptors (Lipinski definition) is 1. The van der Waals surface area contributed by atoms with E-state index >= 15 is 0 Å². The molecule has 1 aliphatic carbocycles. The van der Waals surface area contributed by atoms with E-state index in [-0.39, 0.29) is 6.04 Å². The maximum Gasteiger partial charge on any atom is 0.0326 e. The molecule has 0 heterocycles. The highest BCUT2D eigenvalue weighted by atomic mass is 14.7. The van der Waals surface area contributed by atoms with E-state index < -0.39 is 0 Å². The summed E-state index contributed by atoms with van der Waals surface area (Å²) >= 11 is 0. The molecular weight excluding hydrogens is 158 g/mol. The van der Waals surface area contributed by atoms with Crippen LogP contribution < -0.4 is 5.73 Å². The molecule has 1 fully saturated rings. The van der Waals surface area contributed by atoms with Crippen LogP contribution in [0.5, 0.6) is 0 Å². The van der Waals surface area contributed by atoms with E-state index in [1.165, 1.54) is 30.4 Å². The van der Waals surface area contributed by atoms with Crippen molar-refractivity contribution < 1.29 is 0 Å². The maximum absolute atomic E-state index is 6.20. The van der Waals surface area contributed by atoms with Crippen molar-refractivity contribution in [2.45, 2.75) is 32.2 Å². The molecule has 1 unspecified atom stereocenters. The Balaban J connectivity index is 2.18. The number of benzene rings is 1. The maximum atomic E-state index is 6.20. The van der Waals surface area contributed by atoms with Crippen molar-refractivity contribution in [3.63, 3.8) is 0 Å². The summed E-state index contributed by atoms with van der Waals surface area (Å²) < 4.78 is 0. The number of nitrogens with two attached hydrogens (primary N) is 1. The molecule has 1 aromatic carbocycles. The number of hydrogen-bond donors (Lipinski definition) is 1. The monoisotopic (exact) mass is 175 g/mol. The van der Waals surface area contributed by atoms with E-state index in [0.717, 1.165) is 5.92 Å². The molecule has 1 atom stereocenters. The van der Waals surface area contributed by atoms with Gasteiger partial charge in [-0.3, -0.25) is 0 Å². The summed E-state index contributed by atoms with van der Waals surface area (Å²) in [7, 11) is 0. The summed E-state index contributed by atoms with van der Waals surface area (Å²) in [6.45, 7) is 2.15. The lowest BCUT2D eigenvalue weighted by Crippen LogP contribution is -2.27. The summed E-state index contributed by atoms with van der Waals surface area (Å²) in [6.07, 6.45) is 4.00. The molecule has 0 amide bonds. The lowest BCUT2D eigenvalue weighted by atomic mass is 9.77. The second kappa shape index (κ2) is 3.51. The molecule has 0 aromatic heterocycles. The van der Waals surface area contributed by atoms with E-state index in [1.54, 1.807) is 0 Å². The lowest BCUT2D eigenvalue weighted by molar-refractivity contribution is 0.264. The zero-order valence-corrected chi connectivity index (χ0v) is 8.16. The number of aryl methyl sites for hydroxylation is 1. The molecule has 70 valence electrons. The quantitative estimate of drug-likeness (QED) is 0.735. The second-order valence-corrected chi connectivity index (χ2v) is 4.07. The Morgan fingerprint density at radius 2 is 2.00 bits per heavy atom. The van der Waals surface area contributed by atoms with Crippen LogP contribution >= 0.6 is 0 Å². The van der Waals surface area contributed by atoms with Gasteiger partial charge in [-0.15, -0.1) is 0 Å². The predicted octanol–water partition coefficient (Wildman–Crippen LogP) is 2.79. The van der Waals surface area contributed by atoms with E-state index in [9.17, 15) is 0 Å². The highest BCUT2D eigenvalue weighted by molar-refractivity contribution is 5.29. The minimum atomic E-state index is 0.273. The zero-order valence-electron chi connectivity index (χ0n) is 8.16. The van der Waals surface area contributed by atoms with Crippen LogP contribution in [0, 0.1) is 12.8 Å². The molecule has 2 rings (SSSR count). The first-order valence-electron chi connectivity index (χ1n) is 5.10. The molecule has 2 N–H and O–H groups in total. The Morgan fingerprint density at radius 1 is 1.31 bits per heavy atom. The van der Waals surface area contributed by atoms with Gasteiger partial charge in [-0.1, -0.05) is 30.7 Å². The van der Waals surface area contributed by atoms with Crippen LogP contribution in [0.25, 0.3) is 0 Å². The van der Waals surface area contributed by atoms with Gasteiger partial charge in [-0.05, 0) is 36.8 Å². The first-order valence-corrected chi connectivity index (χ1v) is 5.10. The van der Waals surface area contributed by atoms with Crippen LogP contribution in [0.3, 0.4) is 0 Å². The molecule has 1 aliphatic rings. The number of rotatable bonds is 2. The van der Waals surface area contributed by atoms with Crippen molar-refractivity contribution in [2.24, 2.45) is 11.7 Å². The Morgan fingerprint density at radius 3 is 2.54 bits per heavy atom. The Labute approximate surface area is 80.0 Å². The minimum Gasteiger partial charge on any atom is -0.324 e. The average Bonchev–Trinajstić information content (AvgIpc) is 2.01. The van der Waals surface area contributed by atoms with Gasteiger partial charge in [0.1, 0.15) is 0 Å². The third-order valence-electron chi connectivity index (χ3n) is 3.21. The van der Waals surface area contributed by atoms with Gasteiger partial charge in [0, 0.05) is 6.04 Å².